The lowest BCUT2D eigenvalue weighted by Gasteiger charge is -2.18. The summed E-state index contributed by atoms with van der Waals surface area (Å²) in [7, 11) is -5.26. The van der Waals surface area contributed by atoms with Crippen molar-refractivity contribution in [1.82, 2.24) is 4.31 Å². The van der Waals surface area contributed by atoms with Crippen LogP contribution in [0, 0.1) is 0 Å². The van der Waals surface area contributed by atoms with E-state index in [2.05, 4.69) is 16.1 Å². The van der Waals surface area contributed by atoms with Gasteiger partial charge in [-0.2, -0.15) is 21.6 Å². The maximum Gasteiger partial charge on any atom is 0.516 e. The summed E-state index contributed by atoms with van der Waals surface area (Å²) in [5.41, 5.74) is -5.42. The molecule has 0 aromatic heterocycles. The van der Waals surface area contributed by atoms with Crippen molar-refractivity contribution < 1.29 is 45.4 Å². The number of carbonyl (C=O) groups is 3. The second-order valence-electron chi connectivity index (χ2n) is 4.80. The lowest BCUT2D eigenvalue weighted by molar-refractivity contribution is -0.150. The summed E-state index contributed by atoms with van der Waals surface area (Å²) in [4.78, 5) is 33.8. The minimum Gasteiger partial charge on any atom is -0.462 e. The first kappa shape index (κ1) is 22.9. The first-order valence-corrected chi connectivity index (χ1v) is 8.31. The molecule has 8 nitrogen and oxygen atoms in total. The van der Waals surface area contributed by atoms with Crippen molar-refractivity contribution in [2.75, 3.05) is 20.3 Å². The fourth-order valence-corrected chi connectivity index (χ4v) is 1.99. The monoisotopic (exact) mass is 389 g/mol. The highest BCUT2D eigenvalue weighted by atomic mass is 32.2. The lowest BCUT2D eigenvalue weighted by atomic mass is 10.2. The summed E-state index contributed by atoms with van der Waals surface area (Å²) in [5, 5.41) is 0. The largest absolute Gasteiger partial charge is 0.516 e. The average molecular weight is 389 g/mol. The van der Waals surface area contributed by atoms with E-state index in [9.17, 15) is 36.0 Å². The number of hydrogen-bond acceptors (Lipinski definition) is 7. The van der Waals surface area contributed by atoms with Gasteiger partial charge in [0.2, 0.25) is 5.91 Å². The van der Waals surface area contributed by atoms with Crippen LogP contribution in [-0.2, 0) is 33.9 Å². The van der Waals surface area contributed by atoms with Crippen LogP contribution < -0.4 is 0 Å². The van der Waals surface area contributed by atoms with Crippen LogP contribution in [0.3, 0.4) is 0 Å². The quantitative estimate of drug-likeness (QED) is 0.330. The Morgan fingerprint density at radius 3 is 2.08 bits per heavy atom. The van der Waals surface area contributed by atoms with Crippen LogP contribution in [0.1, 0.15) is 26.2 Å². The number of nitrogens with zero attached hydrogens (tertiary/aromatic N) is 1. The molecule has 0 aliphatic carbocycles. The number of alkyl halides is 3. The Morgan fingerprint density at radius 1 is 1.08 bits per heavy atom. The molecule has 0 aromatic rings. The van der Waals surface area contributed by atoms with Gasteiger partial charge in [-0.05, 0) is 13.3 Å². The number of hydrogen-bond donors (Lipinski definition) is 0. The van der Waals surface area contributed by atoms with Crippen LogP contribution in [0.15, 0.2) is 12.2 Å². The second-order valence-corrected chi connectivity index (χ2v) is 6.76. The topological polar surface area (TPSA) is 107 Å². The SMILES string of the molecule is C=C(C)C(=O)OCCOC(=O)CCCC(=O)N(C)S(=O)(=O)C(F)(F)F. The number of carbonyl (C=O) groups excluding carboxylic acids is 3. The molecule has 0 unspecified atom stereocenters. The van der Waals surface area contributed by atoms with Crippen molar-refractivity contribution in [3.05, 3.63) is 12.2 Å². The molecule has 0 saturated carbocycles. The molecule has 0 bridgehead atoms. The minimum absolute atomic E-state index is 0.169. The van der Waals surface area contributed by atoms with Crippen LogP contribution in [-0.4, -0.2) is 56.3 Å². The Hall–Kier alpha value is -2.11. The minimum atomic E-state index is -5.75. The van der Waals surface area contributed by atoms with E-state index < -0.39 is 44.1 Å². The number of halogens is 3. The first-order valence-electron chi connectivity index (χ1n) is 6.87. The van der Waals surface area contributed by atoms with Gasteiger partial charge >= 0.3 is 27.5 Å². The van der Waals surface area contributed by atoms with Crippen LogP contribution in [0.25, 0.3) is 0 Å². The van der Waals surface area contributed by atoms with E-state index in [1.54, 1.807) is 0 Å². The Morgan fingerprint density at radius 2 is 1.60 bits per heavy atom. The molecule has 0 rings (SSSR count). The molecular weight excluding hydrogens is 371 g/mol. The second kappa shape index (κ2) is 9.39. The van der Waals surface area contributed by atoms with Gasteiger partial charge in [-0.25, -0.2) is 9.10 Å². The molecule has 25 heavy (non-hydrogen) atoms. The molecule has 0 aliphatic rings. The molecule has 0 aromatic carbocycles. The predicted molar refractivity (Wildman–Crippen MR) is 78.3 cm³/mol. The summed E-state index contributed by atoms with van der Waals surface area (Å²) in [5.74, 6) is -2.74. The van der Waals surface area contributed by atoms with E-state index in [-0.39, 0.29) is 31.6 Å². The van der Waals surface area contributed by atoms with Crippen molar-refractivity contribution in [2.24, 2.45) is 0 Å². The zero-order chi connectivity index (χ0) is 19.8. The number of amides is 1. The fraction of sp³-hybridized carbons (Fsp3) is 0.615. The zero-order valence-electron chi connectivity index (χ0n) is 13.6. The zero-order valence-corrected chi connectivity index (χ0v) is 14.4. The van der Waals surface area contributed by atoms with Gasteiger partial charge in [-0.3, -0.25) is 9.59 Å². The van der Waals surface area contributed by atoms with Crippen molar-refractivity contribution in [1.29, 1.82) is 0 Å². The highest BCUT2D eigenvalue weighted by molar-refractivity contribution is 7.90. The number of ether oxygens (including phenoxy) is 2. The van der Waals surface area contributed by atoms with Gasteiger partial charge in [0.25, 0.3) is 0 Å². The van der Waals surface area contributed by atoms with E-state index in [1.807, 2.05) is 0 Å². The fourth-order valence-electron chi connectivity index (χ4n) is 1.32. The van der Waals surface area contributed by atoms with Gasteiger partial charge in [0.1, 0.15) is 13.2 Å². The van der Waals surface area contributed by atoms with Crippen molar-refractivity contribution in [3.8, 4) is 0 Å². The van der Waals surface area contributed by atoms with Gasteiger partial charge in [0, 0.05) is 25.5 Å². The average Bonchev–Trinajstić information content (AvgIpc) is 2.48. The van der Waals surface area contributed by atoms with E-state index in [1.165, 1.54) is 6.92 Å². The van der Waals surface area contributed by atoms with E-state index in [0.29, 0.717) is 7.05 Å². The molecule has 0 fully saturated rings. The molecule has 0 spiro atoms. The summed E-state index contributed by atoms with van der Waals surface area (Å²) < 4.78 is 67.8. The Bertz CT molecular complexity index is 628. The van der Waals surface area contributed by atoms with Gasteiger partial charge < -0.3 is 9.47 Å². The molecule has 0 radical (unpaired) electrons. The predicted octanol–water partition coefficient (Wildman–Crippen LogP) is 1.13. The third kappa shape index (κ3) is 7.54. The molecule has 0 saturated heterocycles. The number of rotatable bonds is 9. The third-order valence-electron chi connectivity index (χ3n) is 2.70. The smallest absolute Gasteiger partial charge is 0.462 e. The number of sulfonamides is 1. The summed E-state index contributed by atoms with van der Waals surface area (Å²) in [6.07, 6.45) is -1.12. The number of esters is 2. The highest BCUT2D eigenvalue weighted by Crippen LogP contribution is 2.26. The third-order valence-corrected chi connectivity index (χ3v) is 4.21. The van der Waals surface area contributed by atoms with Crippen LogP contribution in [0.2, 0.25) is 0 Å². The highest BCUT2D eigenvalue weighted by Gasteiger charge is 2.50. The van der Waals surface area contributed by atoms with Gasteiger partial charge in [0.15, 0.2) is 0 Å². The molecule has 12 heteroatoms. The van der Waals surface area contributed by atoms with E-state index in [4.69, 9.17) is 0 Å². The van der Waals surface area contributed by atoms with Gasteiger partial charge in [-0.15, -0.1) is 0 Å². The lowest BCUT2D eigenvalue weighted by Crippen LogP contribution is -2.41. The van der Waals surface area contributed by atoms with Crippen LogP contribution in [0.5, 0.6) is 0 Å². The van der Waals surface area contributed by atoms with Crippen molar-refractivity contribution in [2.45, 2.75) is 31.7 Å². The van der Waals surface area contributed by atoms with Gasteiger partial charge in [0.05, 0.1) is 0 Å². The standard InChI is InChI=1S/C13H18F3NO7S/c1-9(2)12(20)24-8-7-23-11(19)6-4-5-10(18)17(3)25(21,22)13(14,15)16/h1,4-8H2,2-3H3. The molecular formula is C13H18F3NO7S. The van der Waals surface area contributed by atoms with Gasteiger partial charge in [-0.1, -0.05) is 6.58 Å². The Kier molecular flexibility index (Phi) is 8.60. The van der Waals surface area contributed by atoms with E-state index in [0.717, 1.165) is 0 Å². The first-order chi connectivity index (χ1) is 11.3. The molecule has 0 atom stereocenters. The molecule has 0 heterocycles. The summed E-state index contributed by atoms with van der Waals surface area (Å²) in [6.45, 7) is 4.33. The van der Waals surface area contributed by atoms with Crippen molar-refractivity contribution >= 4 is 27.9 Å². The van der Waals surface area contributed by atoms with Crippen LogP contribution >= 0.6 is 0 Å². The molecule has 1 amide bonds. The normalized spacial score (nSPS) is 11.6. The summed E-state index contributed by atoms with van der Waals surface area (Å²) in [6, 6.07) is 0. The molecule has 0 N–H and O–H groups in total. The van der Waals surface area contributed by atoms with Crippen molar-refractivity contribution in [3.63, 3.8) is 0 Å². The summed E-state index contributed by atoms with van der Waals surface area (Å²) >= 11 is 0. The maximum absolute atomic E-state index is 12.3. The van der Waals surface area contributed by atoms with E-state index >= 15 is 0 Å². The molecule has 0 aliphatic heterocycles. The van der Waals surface area contributed by atoms with Crippen LogP contribution in [0.4, 0.5) is 13.2 Å². The Balaban J connectivity index is 4.15. The maximum atomic E-state index is 12.3. The Labute approximate surface area is 142 Å². The molecule has 144 valence electrons.